The Morgan fingerprint density at radius 2 is 1.76 bits per heavy atom. The van der Waals surface area contributed by atoms with Crippen LogP contribution < -0.4 is 0 Å². The molecule has 2 aromatic carbocycles. The molecule has 0 atom stereocenters. The molecule has 0 saturated carbocycles. The van der Waals surface area contributed by atoms with E-state index in [2.05, 4.69) is 9.97 Å². The van der Waals surface area contributed by atoms with Crippen molar-refractivity contribution in [3.8, 4) is 22.9 Å². The molecule has 0 fully saturated rings. The molecule has 0 bridgehead atoms. The number of aromatic amines is 1. The number of H-pyrrole nitrogens is 1. The molecule has 4 nitrogen and oxygen atoms in total. The lowest BCUT2D eigenvalue weighted by Crippen LogP contribution is -2.04. The molecule has 0 spiro atoms. The van der Waals surface area contributed by atoms with Crippen LogP contribution in [0.5, 0.6) is 11.5 Å². The Labute approximate surface area is 116 Å². The number of nitrogens with zero attached hydrogens (tertiary/aromatic N) is 1. The first-order valence-corrected chi connectivity index (χ1v) is 5.94. The third-order valence-electron chi connectivity index (χ3n) is 3.04. The van der Waals surface area contributed by atoms with E-state index in [4.69, 9.17) is 0 Å². The lowest BCUT2D eigenvalue weighted by molar-refractivity contribution is -0.137. The van der Waals surface area contributed by atoms with Crippen LogP contribution in [0, 0.1) is 0 Å². The maximum atomic E-state index is 12.7. The molecule has 0 amide bonds. The fourth-order valence-electron chi connectivity index (χ4n) is 2.03. The van der Waals surface area contributed by atoms with Crippen LogP contribution in [0.25, 0.3) is 22.4 Å². The Hall–Kier alpha value is -2.70. The number of phenols is 2. The first-order chi connectivity index (χ1) is 9.84. The highest BCUT2D eigenvalue weighted by Crippen LogP contribution is 2.34. The van der Waals surface area contributed by atoms with Gasteiger partial charge in [-0.05, 0) is 36.4 Å². The highest BCUT2D eigenvalue weighted by molar-refractivity contribution is 5.81. The summed E-state index contributed by atoms with van der Waals surface area (Å²) >= 11 is 0. The van der Waals surface area contributed by atoms with Crippen molar-refractivity contribution in [2.75, 3.05) is 0 Å². The number of rotatable bonds is 1. The van der Waals surface area contributed by atoms with Crippen LogP contribution >= 0.6 is 0 Å². The molecule has 0 aliphatic carbocycles. The summed E-state index contributed by atoms with van der Waals surface area (Å²) in [6.45, 7) is 0. The zero-order valence-electron chi connectivity index (χ0n) is 10.4. The van der Waals surface area contributed by atoms with E-state index in [1.54, 1.807) is 0 Å². The van der Waals surface area contributed by atoms with Gasteiger partial charge in [-0.25, -0.2) is 4.98 Å². The van der Waals surface area contributed by atoms with Gasteiger partial charge in [-0.1, -0.05) is 0 Å². The van der Waals surface area contributed by atoms with Gasteiger partial charge in [0.05, 0.1) is 22.2 Å². The quantitative estimate of drug-likeness (QED) is 0.600. The van der Waals surface area contributed by atoms with Crippen molar-refractivity contribution >= 4 is 11.0 Å². The van der Waals surface area contributed by atoms with Crippen molar-refractivity contribution in [2.45, 2.75) is 6.18 Å². The van der Waals surface area contributed by atoms with E-state index in [1.165, 1.54) is 24.3 Å². The molecule has 7 heteroatoms. The number of nitrogens with one attached hydrogen (secondary N) is 1. The van der Waals surface area contributed by atoms with Gasteiger partial charge in [0.15, 0.2) is 0 Å². The number of hydrogen-bond donors (Lipinski definition) is 3. The van der Waals surface area contributed by atoms with Gasteiger partial charge in [-0.15, -0.1) is 0 Å². The normalized spacial score (nSPS) is 12.0. The van der Waals surface area contributed by atoms with Crippen molar-refractivity contribution < 1.29 is 23.4 Å². The van der Waals surface area contributed by atoms with Gasteiger partial charge in [-0.3, -0.25) is 0 Å². The number of hydrogen-bond acceptors (Lipinski definition) is 3. The summed E-state index contributed by atoms with van der Waals surface area (Å²) in [6, 6.07) is 6.99. The second-order valence-electron chi connectivity index (χ2n) is 4.52. The highest BCUT2D eigenvalue weighted by Gasteiger charge is 2.30. The van der Waals surface area contributed by atoms with Crippen molar-refractivity contribution in [2.24, 2.45) is 0 Å². The molecule has 21 heavy (non-hydrogen) atoms. The Balaban J connectivity index is 2.15. The SMILES string of the molecule is Oc1ccc(O)c(-c2nc3ccc(C(F)(F)F)cc3[nH]2)c1. The number of alkyl halides is 3. The maximum absolute atomic E-state index is 12.7. The van der Waals surface area contributed by atoms with Gasteiger partial charge in [0.25, 0.3) is 0 Å². The van der Waals surface area contributed by atoms with E-state index >= 15 is 0 Å². The molecule has 0 unspecified atom stereocenters. The van der Waals surface area contributed by atoms with Crippen LogP contribution in [0.3, 0.4) is 0 Å². The van der Waals surface area contributed by atoms with Crippen molar-refractivity contribution in [1.29, 1.82) is 0 Å². The van der Waals surface area contributed by atoms with Crippen LogP contribution in [0.4, 0.5) is 13.2 Å². The van der Waals surface area contributed by atoms with E-state index in [1.807, 2.05) is 0 Å². The Bertz CT molecular complexity index is 825. The molecule has 3 N–H and O–H groups in total. The fraction of sp³-hybridized carbons (Fsp3) is 0.0714. The molecule has 1 heterocycles. The molecule has 108 valence electrons. The van der Waals surface area contributed by atoms with Crippen LogP contribution in [-0.4, -0.2) is 20.2 Å². The summed E-state index contributed by atoms with van der Waals surface area (Å²) in [7, 11) is 0. The molecule has 3 rings (SSSR count). The van der Waals surface area contributed by atoms with E-state index in [-0.39, 0.29) is 28.4 Å². The maximum Gasteiger partial charge on any atom is 0.416 e. The van der Waals surface area contributed by atoms with Crippen LogP contribution in [0.2, 0.25) is 0 Å². The molecule has 0 aliphatic rings. The minimum absolute atomic E-state index is 0.0840. The minimum atomic E-state index is -4.44. The Morgan fingerprint density at radius 3 is 2.48 bits per heavy atom. The molecule has 0 radical (unpaired) electrons. The summed E-state index contributed by atoms with van der Waals surface area (Å²) < 4.78 is 38.0. The van der Waals surface area contributed by atoms with E-state index in [0.717, 1.165) is 12.1 Å². The molecule has 0 aliphatic heterocycles. The third-order valence-corrected chi connectivity index (χ3v) is 3.04. The van der Waals surface area contributed by atoms with Gasteiger partial charge < -0.3 is 15.2 Å². The number of phenolic OH excluding ortho intramolecular Hbond substituents is 2. The number of fused-ring (bicyclic) bond motifs is 1. The first-order valence-electron chi connectivity index (χ1n) is 5.94. The summed E-state index contributed by atoms with van der Waals surface area (Å²) in [4.78, 5) is 6.82. The number of imidazole rings is 1. The average Bonchev–Trinajstić information content (AvgIpc) is 2.83. The van der Waals surface area contributed by atoms with Crippen molar-refractivity contribution in [3.05, 3.63) is 42.0 Å². The van der Waals surface area contributed by atoms with Gasteiger partial charge >= 0.3 is 6.18 Å². The fourth-order valence-corrected chi connectivity index (χ4v) is 2.03. The highest BCUT2D eigenvalue weighted by atomic mass is 19.4. The Kier molecular flexibility index (Phi) is 2.79. The van der Waals surface area contributed by atoms with Crippen LogP contribution in [-0.2, 0) is 6.18 Å². The van der Waals surface area contributed by atoms with E-state index < -0.39 is 11.7 Å². The number of halogens is 3. The minimum Gasteiger partial charge on any atom is -0.508 e. The smallest absolute Gasteiger partial charge is 0.416 e. The van der Waals surface area contributed by atoms with Crippen molar-refractivity contribution in [3.63, 3.8) is 0 Å². The summed E-state index contributed by atoms with van der Waals surface area (Å²) in [5.41, 5.74) is -0.0478. The first kappa shape index (κ1) is 13.3. The van der Waals surface area contributed by atoms with Crippen molar-refractivity contribution in [1.82, 2.24) is 9.97 Å². The largest absolute Gasteiger partial charge is 0.508 e. The van der Waals surface area contributed by atoms with Crippen LogP contribution in [0.1, 0.15) is 5.56 Å². The number of aromatic nitrogens is 2. The second-order valence-corrected chi connectivity index (χ2v) is 4.52. The van der Waals surface area contributed by atoms with E-state index in [0.29, 0.717) is 5.52 Å². The summed E-state index contributed by atoms with van der Waals surface area (Å²) in [5, 5.41) is 19.2. The molecule has 3 aromatic rings. The van der Waals surface area contributed by atoms with Gasteiger partial charge in [-0.2, -0.15) is 13.2 Å². The molecular formula is C14H9F3N2O2. The summed E-state index contributed by atoms with van der Waals surface area (Å²) in [6.07, 6.45) is -4.44. The van der Waals surface area contributed by atoms with Gasteiger partial charge in [0.1, 0.15) is 17.3 Å². The lowest BCUT2D eigenvalue weighted by Gasteiger charge is -2.05. The predicted molar refractivity (Wildman–Crippen MR) is 69.9 cm³/mol. The summed E-state index contributed by atoms with van der Waals surface area (Å²) in [5.74, 6) is -0.0418. The standard InChI is InChI=1S/C14H9F3N2O2/c15-14(16,17)7-1-3-10-11(5-7)19-13(18-10)9-6-8(20)2-4-12(9)21/h1-6,20-21H,(H,18,19). The Morgan fingerprint density at radius 1 is 1.00 bits per heavy atom. The zero-order chi connectivity index (χ0) is 15.2. The molecule has 0 saturated heterocycles. The zero-order valence-corrected chi connectivity index (χ0v) is 10.4. The molecule has 1 aromatic heterocycles. The topological polar surface area (TPSA) is 69.1 Å². The number of benzene rings is 2. The molecular weight excluding hydrogens is 285 g/mol. The lowest BCUT2D eigenvalue weighted by atomic mass is 10.2. The average molecular weight is 294 g/mol. The van der Waals surface area contributed by atoms with Gasteiger partial charge in [0, 0.05) is 0 Å². The second kappa shape index (κ2) is 4.41. The van der Waals surface area contributed by atoms with E-state index in [9.17, 15) is 23.4 Å². The van der Waals surface area contributed by atoms with Gasteiger partial charge in [0.2, 0.25) is 0 Å². The third kappa shape index (κ3) is 2.37. The monoisotopic (exact) mass is 294 g/mol. The van der Waals surface area contributed by atoms with Crippen LogP contribution in [0.15, 0.2) is 36.4 Å². The number of aromatic hydroxyl groups is 2. The predicted octanol–water partition coefficient (Wildman–Crippen LogP) is 3.66.